The molecule has 1 saturated heterocycles. The van der Waals surface area contributed by atoms with Gasteiger partial charge in [0.25, 0.3) is 0 Å². The molecule has 3 atom stereocenters. The Bertz CT molecular complexity index is 315. The molecule has 3 fully saturated rings. The van der Waals surface area contributed by atoms with Crippen molar-refractivity contribution in [1.29, 1.82) is 0 Å². The van der Waals surface area contributed by atoms with Crippen LogP contribution in [-0.4, -0.2) is 50.2 Å². The molecule has 0 aromatic heterocycles. The second-order valence-corrected chi connectivity index (χ2v) is 6.38. The zero-order valence-electron chi connectivity index (χ0n) is 11.8. The molecule has 0 spiro atoms. The maximum absolute atomic E-state index is 12.0. The van der Waals surface area contributed by atoms with Crippen molar-refractivity contribution >= 4 is 5.91 Å². The van der Waals surface area contributed by atoms with Crippen LogP contribution in [0.5, 0.6) is 0 Å². The lowest BCUT2D eigenvalue weighted by molar-refractivity contribution is -0.135. The SMILES string of the molecule is O=C(CCNCC1CC2CCC1C2)N1CCOCC1. The van der Waals surface area contributed by atoms with Crippen LogP contribution in [0.25, 0.3) is 0 Å². The summed E-state index contributed by atoms with van der Waals surface area (Å²) in [6.07, 6.45) is 6.45. The van der Waals surface area contributed by atoms with Gasteiger partial charge in [0.2, 0.25) is 5.91 Å². The van der Waals surface area contributed by atoms with Gasteiger partial charge in [0, 0.05) is 26.1 Å². The Morgan fingerprint density at radius 1 is 1.21 bits per heavy atom. The molecule has 0 radical (unpaired) electrons. The van der Waals surface area contributed by atoms with Gasteiger partial charge in [-0.2, -0.15) is 0 Å². The average Bonchev–Trinajstić information content (AvgIpc) is 3.07. The van der Waals surface area contributed by atoms with Crippen LogP contribution < -0.4 is 5.32 Å². The fourth-order valence-electron chi connectivity index (χ4n) is 4.08. The maximum Gasteiger partial charge on any atom is 0.224 e. The second-order valence-electron chi connectivity index (χ2n) is 6.38. The number of fused-ring (bicyclic) bond motifs is 2. The molecule has 2 saturated carbocycles. The van der Waals surface area contributed by atoms with E-state index in [4.69, 9.17) is 4.74 Å². The molecule has 3 aliphatic rings. The van der Waals surface area contributed by atoms with E-state index in [1.54, 1.807) is 0 Å². The fraction of sp³-hybridized carbons (Fsp3) is 0.933. The molecule has 108 valence electrons. The first-order valence-electron chi connectivity index (χ1n) is 7.89. The number of carbonyl (C=O) groups excluding carboxylic acids is 1. The van der Waals surface area contributed by atoms with Gasteiger partial charge < -0.3 is 15.0 Å². The lowest BCUT2D eigenvalue weighted by atomic mass is 9.89. The Balaban J connectivity index is 1.29. The van der Waals surface area contributed by atoms with E-state index in [1.807, 2.05) is 4.90 Å². The molecule has 19 heavy (non-hydrogen) atoms. The largest absolute Gasteiger partial charge is 0.378 e. The number of amides is 1. The van der Waals surface area contributed by atoms with Crippen LogP contribution in [0.3, 0.4) is 0 Å². The number of ether oxygens (including phenoxy) is 1. The Morgan fingerprint density at radius 2 is 2.05 bits per heavy atom. The summed E-state index contributed by atoms with van der Waals surface area (Å²) in [6, 6.07) is 0. The average molecular weight is 266 g/mol. The third-order valence-corrected chi connectivity index (χ3v) is 5.17. The maximum atomic E-state index is 12.0. The lowest BCUT2D eigenvalue weighted by Gasteiger charge is -2.27. The van der Waals surface area contributed by atoms with Gasteiger partial charge in [-0.15, -0.1) is 0 Å². The van der Waals surface area contributed by atoms with Gasteiger partial charge in [-0.3, -0.25) is 4.79 Å². The van der Waals surface area contributed by atoms with Gasteiger partial charge in [-0.1, -0.05) is 6.42 Å². The molecule has 3 rings (SSSR count). The summed E-state index contributed by atoms with van der Waals surface area (Å²) in [5, 5.41) is 3.50. The normalized spacial score (nSPS) is 33.9. The van der Waals surface area contributed by atoms with E-state index in [0.29, 0.717) is 19.6 Å². The third-order valence-electron chi connectivity index (χ3n) is 5.17. The highest BCUT2D eigenvalue weighted by Gasteiger charge is 2.38. The van der Waals surface area contributed by atoms with Gasteiger partial charge in [-0.05, 0) is 43.6 Å². The fourth-order valence-corrected chi connectivity index (χ4v) is 4.08. The van der Waals surface area contributed by atoms with Gasteiger partial charge in [0.05, 0.1) is 13.2 Å². The van der Waals surface area contributed by atoms with E-state index in [-0.39, 0.29) is 5.91 Å². The number of morpholine rings is 1. The molecule has 1 aliphatic heterocycles. The number of hydrogen-bond donors (Lipinski definition) is 1. The van der Waals surface area contributed by atoms with Crippen LogP contribution in [0.1, 0.15) is 32.1 Å². The number of carbonyl (C=O) groups is 1. The first-order valence-corrected chi connectivity index (χ1v) is 7.89. The smallest absolute Gasteiger partial charge is 0.224 e. The highest BCUT2D eigenvalue weighted by atomic mass is 16.5. The molecule has 4 heteroatoms. The van der Waals surface area contributed by atoms with Crippen LogP contribution >= 0.6 is 0 Å². The minimum Gasteiger partial charge on any atom is -0.378 e. The molecular formula is C15H26N2O2. The molecule has 2 bridgehead atoms. The van der Waals surface area contributed by atoms with Gasteiger partial charge in [-0.25, -0.2) is 0 Å². The molecular weight excluding hydrogens is 240 g/mol. The van der Waals surface area contributed by atoms with Gasteiger partial charge in [0.1, 0.15) is 0 Å². The number of nitrogens with zero attached hydrogens (tertiary/aromatic N) is 1. The number of hydrogen-bond acceptors (Lipinski definition) is 3. The molecule has 4 nitrogen and oxygen atoms in total. The highest BCUT2D eigenvalue weighted by molar-refractivity contribution is 5.76. The van der Waals surface area contributed by atoms with E-state index in [1.165, 1.54) is 25.7 Å². The van der Waals surface area contributed by atoms with Crippen molar-refractivity contribution in [2.45, 2.75) is 32.1 Å². The summed E-state index contributed by atoms with van der Waals surface area (Å²) in [5.41, 5.74) is 0. The third kappa shape index (κ3) is 3.29. The molecule has 3 unspecified atom stereocenters. The summed E-state index contributed by atoms with van der Waals surface area (Å²) in [4.78, 5) is 13.9. The van der Waals surface area contributed by atoms with E-state index >= 15 is 0 Å². The van der Waals surface area contributed by atoms with Crippen LogP contribution in [0.4, 0.5) is 0 Å². The summed E-state index contributed by atoms with van der Waals surface area (Å²) < 4.78 is 5.26. The molecule has 1 amide bonds. The highest BCUT2D eigenvalue weighted by Crippen LogP contribution is 2.47. The van der Waals surface area contributed by atoms with E-state index in [0.717, 1.165) is 43.9 Å². The van der Waals surface area contributed by atoms with E-state index in [2.05, 4.69) is 5.32 Å². The first-order chi connectivity index (χ1) is 9.33. The number of nitrogens with one attached hydrogen (secondary N) is 1. The summed E-state index contributed by atoms with van der Waals surface area (Å²) in [7, 11) is 0. The van der Waals surface area contributed by atoms with Gasteiger partial charge in [0.15, 0.2) is 0 Å². The van der Waals surface area contributed by atoms with Crippen molar-refractivity contribution in [3.05, 3.63) is 0 Å². The Hall–Kier alpha value is -0.610. The van der Waals surface area contributed by atoms with Crippen molar-refractivity contribution in [3.63, 3.8) is 0 Å². The predicted octanol–water partition coefficient (Wildman–Crippen LogP) is 1.26. The second kappa shape index (κ2) is 6.23. The van der Waals surface area contributed by atoms with Crippen molar-refractivity contribution in [2.24, 2.45) is 17.8 Å². The number of rotatable bonds is 5. The summed E-state index contributed by atoms with van der Waals surface area (Å²) in [5.74, 6) is 3.17. The summed E-state index contributed by atoms with van der Waals surface area (Å²) >= 11 is 0. The summed E-state index contributed by atoms with van der Waals surface area (Å²) in [6.45, 7) is 4.90. The van der Waals surface area contributed by atoms with Crippen LogP contribution in [0.2, 0.25) is 0 Å². The molecule has 1 heterocycles. The minimum absolute atomic E-state index is 0.281. The zero-order chi connectivity index (χ0) is 13.1. The minimum atomic E-state index is 0.281. The molecule has 2 aliphatic carbocycles. The van der Waals surface area contributed by atoms with Crippen molar-refractivity contribution in [3.8, 4) is 0 Å². The van der Waals surface area contributed by atoms with Crippen molar-refractivity contribution in [1.82, 2.24) is 10.2 Å². The van der Waals surface area contributed by atoms with Crippen LogP contribution in [0, 0.1) is 17.8 Å². The van der Waals surface area contributed by atoms with Crippen molar-refractivity contribution < 1.29 is 9.53 Å². The van der Waals surface area contributed by atoms with E-state index in [9.17, 15) is 4.79 Å². The van der Waals surface area contributed by atoms with Crippen LogP contribution in [0.15, 0.2) is 0 Å². The molecule has 0 aromatic carbocycles. The molecule has 1 N–H and O–H groups in total. The van der Waals surface area contributed by atoms with Gasteiger partial charge >= 0.3 is 0 Å². The Morgan fingerprint density at radius 3 is 2.74 bits per heavy atom. The Labute approximate surface area is 115 Å². The monoisotopic (exact) mass is 266 g/mol. The zero-order valence-corrected chi connectivity index (χ0v) is 11.8. The standard InChI is InChI=1S/C15H26N2O2/c18-15(17-5-7-19-8-6-17)3-4-16-11-14-10-12-1-2-13(14)9-12/h12-14,16H,1-11H2. The Kier molecular flexibility index (Phi) is 4.38. The lowest BCUT2D eigenvalue weighted by Crippen LogP contribution is -2.41. The first kappa shape index (κ1) is 13.4. The van der Waals surface area contributed by atoms with Crippen LogP contribution in [-0.2, 0) is 9.53 Å². The predicted molar refractivity (Wildman–Crippen MR) is 73.8 cm³/mol. The quantitative estimate of drug-likeness (QED) is 0.762. The van der Waals surface area contributed by atoms with Crippen molar-refractivity contribution in [2.75, 3.05) is 39.4 Å². The topological polar surface area (TPSA) is 41.6 Å². The van der Waals surface area contributed by atoms with E-state index < -0.39 is 0 Å². The molecule has 0 aromatic rings.